The Morgan fingerprint density at radius 1 is 0.708 bits per heavy atom. The molecule has 1 aromatic heterocycles. The maximum Gasteiger partial charge on any atom is 0.121 e. The van der Waals surface area contributed by atoms with Gasteiger partial charge in [0.1, 0.15) is 11.5 Å². The van der Waals surface area contributed by atoms with E-state index in [1.807, 2.05) is 36.4 Å². The van der Waals surface area contributed by atoms with E-state index in [-0.39, 0.29) is 0 Å². The molecule has 0 fully saturated rings. The molecular formula is C19H19Cl2NO2. The zero-order valence-corrected chi connectivity index (χ0v) is 14.8. The minimum atomic E-state index is 0.600. The molecule has 0 aliphatic heterocycles. The Kier molecular flexibility index (Phi) is 6.00. The average Bonchev–Trinajstić information content (AvgIpc) is 2.60. The second kappa shape index (κ2) is 8.41. The van der Waals surface area contributed by atoms with Gasteiger partial charge >= 0.3 is 0 Å². The highest BCUT2D eigenvalue weighted by Gasteiger charge is 2.04. The summed E-state index contributed by atoms with van der Waals surface area (Å²) in [4.78, 5) is 4.74. The van der Waals surface area contributed by atoms with Crippen LogP contribution < -0.4 is 9.47 Å². The van der Waals surface area contributed by atoms with Gasteiger partial charge in [0.25, 0.3) is 0 Å². The second-order valence-electron chi connectivity index (χ2n) is 5.48. The van der Waals surface area contributed by atoms with Gasteiger partial charge in [-0.3, -0.25) is 0 Å². The van der Waals surface area contributed by atoms with Gasteiger partial charge in [-0.25, -0.2) is 4.98 Å². The van der Waals surface area contributed by atoms with Gasteiger partial charge < -0.3 is 9.47 Å². The van der Waals surface area contributed by atoms with Gasteiger partial charge in [-0.15, -0.1) is 23.2 Å². The highest BCUT2D eigenvalue weighted by molar-refractivity contribution is 6.18. The lowest BCUT2D eigenvalue weighted by Crippen LogP contribution is -1.98. The van der Waals surface area contributed by atoms with Crippen molar-refractivity contribution in [3.8, 4) is 11.5 Å². The number of fused-ring (bicyclic) bond motifs is 2. The summed E-state index contributed by atoms with van der Waals surface area (Å²) in [5.74, 6) is 2.83. The number of ether oxygens (including phenoxy) is 2. The van der Waals surface area contributed by atoms with E-state index < -0.39 is 0 Å². The largest absolute Gasteiger partial charge is 0.493 e. The van der Waals surface area contributed by atoms with Crippen LogP contribution in [0.1, 0.15) is 12.8 Å². The highest BCUT2D eigenvalue weighted by atomic mass is 35.5. The van der Waals surface area contributed by atoms with Crippen LogP contribution in [0.4, 0.5) is 0 Å². The Bertz CT molecular complexity index is 758. The first kappa shape index (κ1) is 17.1. The van der Waals surface area contributed by atoms with E-state index in [1.54, 1.807) is 0 Å². The van der Waals surface area contributed by atoms with Crippen molar-refractivity contribution >= 4 is 45.0 Å². The van der Waals surface area contributed by atoms with Crippen LogP contribution in [0.2, 0.25) is 0 Å². The first-order chi connectivity index (χ1) is 11.8. The summed E-state index contributed by atoms with van der Waals surface area (Å²) in [6.45, 7) is 1.22. The van der Waals surface area contributed by atoms with Crippen LogP contribution in [0.5, 0.6) is 11.5 Å². The van der Waals surface area contributed by atoms with E-state index in [0.29, 0.717) is 25.0 Å². The molecule has 0 spiro atoms. The summed E-state index contributed by atoms with van der Waals surface area (Å²) in [6, 6.07) is 14.0. The summed E-state index contributed by atoms with van der Waals surface area (Å²) in [5, 5.41) is 2.17. The van der Waals surface area contributed by atoms with Gasteiger partial charge in [0.05, 0.1) is 24.2 Å². The number of halogens is 2. The molecule has 3 aromatic rings. The molecule has 0 bridgehead atoms. The van der Waals surface area contributed by atoms with Gasteiger partial charge in [0, 0.05) is 34.7 Å². The number of pyridine rings is 1. The molecule has 0 atom stereocenters. The number of aromatic nitrogens is 1. The third kappa shape index (κ3) is 4.22. The lowest BCUT2D eigenvalue weighted by molar-refractivity contribution is 0.318. The maximum atomic E-state index is 5.69. The van der Waals surface area contributed by atoms with E-state index in [9.17, 15) is 0 Å². The lowest BCUT2D eigenvalue weighted by Gasteiger charge is -2.09. The van der Waals surface area contributed by atoms with Crippen LogP contribution in [0.25, 0.3) is 21.8 Å². The maximum absolute atomic E-state index is 5.69. The Morgan fingerprint density at radius 3 is 1.67 bits per heavy atom. The molecule has 0 radical (unpaired) electrons. The van der Waals surface area contributed by atoms with Gasteiger partial charge in [0.2, 0.25) is 0 Å². The summed E-state index contributed by atoms with van der Waals surface area (Å²) in [5.41, 5.74) is 1.81. The number of hydrogen-bond donors (Lipinski definition) is 0. The molecule has 0 amide bonds. The Morgan fingerprint density at radius 2 is 1.21 bits per heavy atom. The van der Waals surface area contributed by atoms with Crippen molar-refractivity contribution in [3.63, 3.8) is 0 Å². The molecule has 0 aliphatic carbocycles. The van der Waals surface area contributed by atoms with Crippen molar-refractivity contribution in [2.24, 2.45) is 0 Å². The predicted octanol–water partition coefficient (Wildman–Crippen LogP) is 5.40. The smallest absolute Gasteiger partial charge is 0.121 e. The van der Waals surface area contributed by atoms with E-state index >= 15 is 0 Å². The van der Waals surface area contributed by atoms with Crippen LogP contribution >= 0.6 is 23.2 Å². The summed E-state index contributed by atoms with van der Waals surface area (Å²) in [7, 11) is 0. The number of benzene rings is 2. The van der Waals surface area contributed by atoms with Crippen molar-refractivity contribution < 1.29 is 9.47 Å². The molecule has 3 nitrogen and oxygen atoms in total. The summed E-state index contributed by atoms with van der Waals surface area (Å²) < 4.78 is 11.4. The first-order valence-corrected chi connectivity index (χ1v) is 9.09. The van der Waals surface area contributed by atoms with Gasteiger partial charge in [0.15, 0.2) is 0 Å². The SMILES string of the molecule is ClCCCOc1ccc2cc3ccc(OCCCCl)cc3nc2c1. The number of alkyl halides is 2. The van der Waals surface area contributed by atoms with Crippen LogP contribution in [0, 0.1) is 0 Å². The first-order valence-electron chi connectivity index (χ1n) is 8.02. The second-order valence-corrected chi connectivity index (χ2v) is 6.24. The fraction of sp³-hybridized carbons (Fsp3) is 0.316. The molecule has 3 rings (SSSR count). The molecule has 24 heavy (non-hydrogen) atoms. The monoisotopic (exact) mass is 363 g/mol. The van der Waals surface area contributed by atoms with Crippen molar-refractivity contribution in [2.75, 3.05) is 25.0 Å². The molecule has 0 unspecified atom stereocenters. The van der Waals surface area contributed by atoms with E-state index in [4.69, 9.17) is 37.7 Å². The third-order valence-corrected chi connectivity index (χ3v) is 4.18. The van der Waals surface area contributed by atoms with Gasteiger partial charge in [-0.2, -0.15) is 0 Å². The Hall–Kier alpha value is -1.71. The van der Waals surface area contributed by atoms with Crippen LogP contribution in [0.3, 0.4) is 0 Å². The van der Waals surface area contributed by atoms with Gasteiger partial charge in [-0.05, 0) is 43.2 Å². The van der Waals surface area contributed by atoms with Crippen molar-refractivity contribution in [1.29, 1.82) is 0 Å². The molecule has 0 saturated carbocycles. The molecule has 2 aromatic carbocycles. The van der Waals surface area contributed by atoms with Crippen molar-refractivity contribution in [2.45, 2.75) is 12.8 Å². The zero-order chi connectivity index (χ0) is 16.8. The number of hydrogen-bond acceptors (Lipinski definition) is 3. The molecule has 0 N–H and O–H groups in total. The highest BCUT2D eigenvalue weighted by Crippen LogP contribution is 2.26. The number of rotatable bonds is 8. The predicted molar refractivity (Wildman–Crippen MR) is 101 cm³/mol. The zero-order valence-electron chi connectivity index (χ0n) is 13.3. The van der Waals surface area contributed by atoms with E-state index in [0.717, 1.165) is 46.1 Å². The molecule has 0 aliphatic rings. The third-order valence-electron chi connectivity index (χ3n) is 3.65. The minimum Gasteiger partial charge on any atom is -0.493 e. The summed E-state index contributed by atoms with van der Waals surface area (Å²) >= 11 is 11.4. The quantitative estimate of drug-likeness (QED) is 0.305. The normalized spacial score (nSPS) is 11.1. The van der Waals surface area contributed by atoms with Crippen molar-refractivity contribution in [1.82, 2.24) is 4.98 Å². The Balaban J connectivity index is 1.87. The molecule has 1 heterocycles. The minimum absolute atomic E-state index is 0.600. The molecule has 0 saturated heterocycles. The average molecular weight is 364 g/mol. The van der Waals surface area contributed by atoms with Crippen molar-refractivity contribution in [3.05, 3.63) is 42.5 Å². The topological polar surface area (TPSA) is 31.4 Å². The van der Waals surface area contributed by atoms with E-state index in [2.05, 4.69) is 6.07 Å². The summed E-state index contributed by atoms with van der Waals surface area (Å²) in [6.07, 6.45) is 1.65. The fourth-order valence-corrected chi connectivity index (χ4v) is 2.67. The fourth-order valence-electron chi connectivity index (χ4n) is 2.45. The van der Waals surface area contributed by atoms with Crippen LogP contribution in [0.15, 0.2) is 42.5 Å². The molecule has 5 heteroatoms. The van der Waals surface area contributed by atoms with Crippen LogP contribution in [-0.2, 0) is 0 Å². The van der Waals surface area contributed by atoms with Crippen LogP contribution in [-0.4, -0.2) is 30.0 Å². The lowest BCUT2D eigenvalue weighted by atomic mass is 10.1. The van der Waals surface area contributed by atoms with Gasteiger partial charge in [-0.1, -0.05) is 0 Å². The molecule has 126 valence electrons. The Labute approximate surface area is 151 Å². The molecular weight excluding hydrogens is 345 g/mol. The van der Waals surface area contributed by atoms with E-state index in [1.165, 1.54) is 0 Å². The standard InChI is InChI=1S/C19H19Cl2NO2/c20-7-1-9-23-16-5-3-14-11-15-4-6-17(24-10-2-8-21)13-19(15)22-18(14)12-16/h3-6,11-13H,1-2,7-10H2. The number of nitrogens with zero attached hydrogens (tertiary/aromatic N) is 1.